The molecule has 0 aliphatic heterocycles. The maximum atomic E-state index is 12.7. The Labute approximate surface area is 173 Å². The predicted molar refractivity (Wildman–Crippen MR) is 101 cm³/mol. The minimum Gasteiger partial charge on any atom is -0.479 e. The van der Waals surface area contributed by atoms with Crippen LogP contribution in [0.3, 0.4) is 0 Å². The lowest BCUT2D eigenvalue weighted by molar-refractivity contribution is -0.384. The van der Waals surface area contributed by atoms with Crippen LogP contribution < -0.4 is 10.1 Å². The fourth-order valence-electron chi connectivity index (χ4n) is 2.36. The molecule has 8 nitrogen and oxygen atoms in total. The summed E-state index contributed by atoms with van der Waals surface area (Å²) in [5.74, 6) is -1.26. The molecule has 2 aromatic rings. The minimum atomic E-state index is -4.57. The lowest BCUT2D eigenvalue weighted by Gasteiger charge is -2.19. The number of carboxylic acid groups (broad SMARTS) is 1. The van der Waals surface area contributed by atoms with E-state index < -0.39 is 35.0 Å². The summed E-state index contributed by atoms with van der Waals surface area (Å²) < 4.78 is 48.9. The van der Waals surface area contributed by atoms with Gasteiger partial charge in [0.1, 0.15) is 23.4 Å². The standard InChI is InChI=1S/C18H16ClF3N2O6/c1-9(17(25)26)29-10(2)23-14-8-12(4-5-15(14)24(27)28)30-16-6-3-11(7-13(16)19)18(20,21)22/h3-10,23H,1-2H3,(H,25,26). The van der Waals surface area contributed by atoms with Crippen molar-refractivity contribution >= 4 is 28.9 Å². The largest absolute Gasteiger partial charge is 0.479 e. The first-order valence-corrected chi connectivity index (χ1v) is 8.74. The SMILES string of the molecule is CC(Nc1cc(Oc2ccc(C(F)(F)F)cc2Cl)ccc1[N+](=O)[O-])OC(C)C(=O)O. The van der Waals surface area contributed by atoms with E-state index in [0.717, 1.165) is 18.2 Å². The van der Waals surface area contributed by atoms with Gasteiger partial charge in [0, 0.05) is 12.1 Å². The smallest absolute Gasteiger partial charge is 0.416 e. The number of carboxylic acids is 1. The number of ether oxygens (including phenoxy) is 2. The molecule has 2 rings (SSSR count). The van der Waals surface area contributed by atoms with Gasteiger partial charge in [0.05, 0.1) is 15.5 Å². The zero-order chi connectivity index (χ0) is 22.6. The number of hydrogen-bond donors (Lipinski definition) is 2. The molecular formula is C18H16ClF3N2O6. The number of nitro groups is 1. The Kier molecular flexibility index (Phi) is 7.11. The van der Waals surface area contributed by atoms with E-state index in [1.807, 2.05) is 0 Å². The van der Waals surface area contributed by atoms with Gasteiger partial charge in [-0.2, -0.15) is 13.2 Å². The van der Waals surface area contributed by atoms with Crippen molar-refractivity contribution in [2.24, 2.45) is 0 Å². The molecule has 0 bridgehead atoms. The molecule has 12 heteroatoms. The quantitative estimate of drug-likeness (QED) is 0.320. The van der Waals surface area contributed by atoms with E-state index in [9.17, 15) is 28.1 Å². The third-order valence-corrected chi connectivity index (χ3v) is 4.06. The number of hydrogen-bond acceptors (Lipinski definition) is 6. The molecule has 2 atom stereocenters. The Balaban J connectivity index is 2.27. The monoisotopic (exact) mass is 448 g/mol. The van der Waals surface area contributed by atoms with Gasteiger partial charge in [-0.25, -0.2) is 4.79 Å². The molecule has 0 fully saturated rings. The van der Waals surface area contributed by atoms with E-state index >= 15 is 0 Å². The number of aliphatic carboxylic acids is 1. The minimum absolute atomic E-state index is 0.0447. The predicted octanol–water partition coefficient (Wildman–Crippen LogP) is 5.31. The van der Waals surface area contributed by atoms with E-state index in [1.165, 1.54) is 26.0 Å². The molecular weight excluding hydrogens is 433 g/mol. The number of halogens is 4. The summed E-state index contributed by atoms with van der Waals surface area (Å²) in [6, 6.07) is 6.09. The Morgan fingerprint density at radius 2 is 1.90 bits per heavy atom. The molecule has 0 aliphatic carbocycles. The Morgan fingerprint density at radius 1 is 1.23 bits per heavy atom. The summed E-state index contributed by atoms with van der Waals surface area (Å²) >= 11 is 5.85. The highest BCUT2D eigenvalue weighted by atomic mass is 35.5. The Hall–Kier alpha value is -3.05. The van der Waals surface area contributed by atoms with Gasteiger partial charge in [-0.3, -0.25) is 10.1 Å². The van der Waals surface area contributed by atoms with Crippen molar-refractivity contribution in [3.63, 3.8) is 0 Å². The van der Waals surface area contributed by atoms with E-state index in [-0.39, 0.29) is 27.9 Å². The molecule has 0 spiro atoms. The van der Waals surface area contributed by atoms with Crippen molar-refractivity contribution < 1.29 is 37.5 Å². The molecule has 30 heavy (non-hydrogen) atoms. The van der Waals surface area contributed by atoms with E-state index in [2.05, 4.69) is 5.32 Å². The van der Waals surface area contributed by atoms with Crippen LogP contribution in [0.25, 0.3) is 0 Å². The van der Waals surface area contributed by atoms with Crippen molar-refractivity contribution in [1.82, 2.24) is 0 Å². The van der Waals surface area contributed by atoms with Crippen LogP contribution >= 0.6 is 11.6 Å². The summed E-state index contributed by atoms with van der Waals surface area (Å²) in [5, 5.41) is 22.5. The van der Waals surface area contributed by atoms with Crippen LogP contribution in [0.5, 0.6) is 11.5 Å². The van der Waals surface area contributed by atoms with Gasteiger partial charge >= 0.3 is 12.1 Å². The van der Waals surface area contributed by atoms with Crippen LogP contribution in [0, 0.1) is 10.1 Å². The summed E-state index contributed by atoms with van der Waals surface area (Å²) in [5.41, 5.74) is -1.35. The zero-order valence-corrected chi connectivity index (χ0v) is 16.3. The molecule has 0 aromatic heterocycles. The highest BCUT2D eigenvalue weighted by Crippen LogP contribution is 2.38. The highest BCUT2D eigenvalue weighted by Gasteiger charge is 2.31. The van der Waals surface area contributed by atoms with Gasteiger partial charge in [-0.05, 0) is 38.1 Å². The first kappa shape index (κ1) is 23.2. The first-order chi connectivity index (χ1) is 13.9. The van der Waals surface area contributed by atoms with Crippen molar-refractivity contribution in [3.8, 4) is 11.5 Å². The normalized spacial score (nSPS) is 13.4. The molecule has 0 radical (unpaired) electrons. The summed E-state index contributed by atoms with van der Waals surface area (Å²) in [4.78, 5) is 21.4. The molecule has 2 N–H and O–H groups in total. The highest BCUT2D eigenvalue weighted by molar-refractivity contribution is 6.32. The maximum absolute atomic E-state index is 12.7. The number of anilines is 1. The van der Waals surface area contributed by atoms with Gasteiger partial charge in [0.2, 0.25) is 0 Å². The molecule has 0 heterocycles. The maximum Gasteiger partial charge on any atom is 0.416 e. The molecule has 162 valence electrons. The number of nitro benzene ring substituents is 1. The second kappa shape index (κ2) is 9.18. The van der Waals surface area contributed by atoms with Gasteiger partial charge in [-0.1, -0.05) is 11.6 Å². The topological polar surface area (TPSA) is 111 Å². The van der Waals surface area contributed by atoms with Gasteiger partial charge in [-0.15, -0.1) is 0 Å². The van der Waals surface area contributed by atoms with Crippen LogP contribution in [0.4, 0.5) is 24.5 Å². The van der Waals surface area contributed by atoms with Crippen molar-refractivity contribution in [2.75, 3.05) is 5.32 Å². The van der Waals surface area contributed by atoms with Crippen LogP contribution in [0.2, 0.25) is 5.02 Å². The number of nitrogens with zero attached hydrogens (tertiary/aromatic N) is 1. The number of carbonyl (C=O) groups is 1. The third kappa shape index (κ3) is 5.97. The second-order valence-corrected chi connectivity index (χ2v) is 6.49. The van der Waals surface area contributed by atoms with E-state index in [4.69, 9.17) is 26.2 Å². The van der Waals surface area contributed by atoms with Gasteiger partial charge in [0.15, 0.2) is 6.10 Å². The average molecular weight is 449 g/mol. The van der Waals surface area contributed by atoms with Gasteiger partial charge in [0.25, 0.3) is 5.69 Å². The lowest BCUT2D eigenvalue weighted by atomic mass is 10.2. The third-order valence-electron chi connectivity index (χ3n) is 3.77. The van der Waals surface area contributed by atoms with E-state index in [0.29, 0.717) is 6.07 Å². The average Bonchev–Trinajstić information content (AvgIpc) is 2.62. The second-order valence-electron chi connectivity index (χ2n) is 6.08. The summed E-state index contributed by atoms with van der Waals surface area (Å²) in [6.07, 6.45) is -6.66. The number of benzene rings is 2. The number of alkyl halides is 3. The fraction of sp³-hybridized carbons (Fsp3) is 0.278. The molecule has 2 unspecified atom stereocenters. The zero-order valence-electron chi connectivity index (χ0n) is 15.6. The Bertz CT molecular complexity index is 954. The van der Waals surface area contributed by atoms with Gasteiger partial charge < -0.3 is 19.9 Å². The number of nitrogens with one attached hydrogen (secondary N) is 1. The Morgan fingerprint density at radius 3 is 2.43 bits per heavy atom. The lowest BCUT2D eigenvalue weighted by Crippen LogP contribution is -2.29. The first-order valence-electron chi connectivity index (χ1n) is 8.36. The molecule has 0 aliphatic rings. The van der Waals surface area contributed by atoms with Crippen LogP contribution in [-0.4, -0.2) is 28.3 Å². The molecule has 0 saturated heterocycles. The number of rotatable bonds is 8. The summed E-state index contributed by atoms with van der Waals surface area (Å²) in [7, 11) is 0. The molecule has 2 aromatic carbocycles. The molecule has 0 amide bonds. The fourth-order valence-corrected chi connectivity index (χ4v) is 2.58. The summed E-state index contributed by atoms with van der Waals surface area (Å²) in [6.45, 7) is 2.74. The van der Waals surface area contributed by atoms with Crippen LogP contribution in [0.1, 0.15) is 19.4 Å². The van der Waals surface area contributed by atoms with Crippen molar-refractivity contribution in [1.29, 1.82) is 0 Å². The van der Waals surface area contributed by atoms with Crippen LogP contribution in [0.15, 0.2) is 36.4 Å². The van der Waals surface area contributed by atoms with Crippen molar-refractivity contribution in [2.45, 2.75) is 32.4 Å². The van der Waals surface area contributed by atoms with Crippen molar-refractivity contribution in [3.05, 3.63) is 57.1 Å². The van der Waals surface area contributed by atoms with Crippen LogP contribution in [-0.2, 0) is 15.7 Å². The molecule has 0 saturated carbocycles. The van der Waals surface area contributed by atoms with E-state index in [1.54, 1.807) is 0 Å².